The summed E-state index contributed by atoms with van der Waals surface area (Å²) < 4.78 is 7.25. The number of nitrogens with one attached hydrogen (secondary N) is 1. The molecule has 0 amide bonds. The van der Waals surface area contributed by atoms with Gasteiger partial charge in [0.25, 0.3) is 0 Å². The highest BCUT2D eigenvalue weighted by Gasteiger charge is 2.10. The van der Waals surface area contributed by atoms with Crippen LogP contribution in [-0.2, 0) is 0 Å². The monoisotopic (exact) mass is 267 g/mol. The Morgan fingerprint density at radius 1 is 1.00 bits per heavy atom. The van der Waals surface area contributed by atoms with Crippen LogP contribution in [0.5, 0.6) is 11.8 Å². The normalized spacial score (nSPS) is 10.2. The molecule has 6 nitrogen and oxygen atoms in total. The fraction of sp³-hybridized carbons (Fsp3) is 0.0714. The number of hydrogen-bond donors (Lipinski definition) is 1. The molecule has 1 N–H and O–H groups in total. The van der Waals surface area contributed by atoms with E-state index in [1.165, 1.54) is 0 Å². The molecule has 0 saturated heterocycles. The summed E-state index contributed by atoms with van der Waals surface area (Å²) in [4.78, 5) is 0. The molecule has 0 saturated carbocycles. The number of tetrazole rings is 1. The highest BCUT2D eigenvalue weighted by molar-refractivity contribution is 5.46. The van der Waals surface area contributed by atoms with Gasteiger partial charge in [0.05, 0.1) is 5.69 Å². The van der Waals surface area contributed by atoms with Crippen molar-refractivity contribution in [1.29, 1.82) is 0 Å². The first-order chi connectivity index (χ1) is 9.86. The molecule has 3 rings (SSSR count). The zero-order valence-corrected chi connectivity index (χ0v) is 10.9. The van der Waals surface area contributed by atoms with Gasteiger partial charge in [-0.25, -0.2) is 0 Å². The molecule has 0 radical (unpaired) electrons. The van der Waals surface area contributed by atoms with E-state index < -0.39 is 0 Å². The Balaban J connectivity index is 1.86. The number of rotatable bonds is 4. The molecule has 0 aliphatic carbocycles. The number of nitrogens with zero attached hydrogens (tertiary/aromatic N) is 4. The summed E-state index contributed by atoms with van der Waals surface area (Å²) in [5, 5.41) is 14.5. The largest absolute Gasteiger partial charge is 0.423 e. The number of hydrogen-bond acceptors (Lipinski definition) is 5. The second kappa shape index (κ2) is 5.40. The van der Waals surface area contributed by atoms with Crippen LogP contribution in [0, 0.1) is 0 Å². The van der Waals surface area contributed by atoms with Crippen molar-refractivity contribution in [2.24, 2.45) is 0 Å². The van der Waals surface area contributed by atoms with Gasteiger partial charge in [0.1, 0.15) is 5.75 Å². The average Bonchev–Trinajstić information content (AvgIpc) is 2.97. The molecule has 1 aromatic heterocycles. The summed E-state index contributed by atoms with van der Waals surface area (Å²) in [5.41, 5.74) is 1.86. The molecule has 0 spiro atoms. The van der Waals surface area contributed by atoms with Crippen LogP contribution in [0.2, 0.25) is 0 Å². The van der Waals surface area contributed by atoms with Gasteiger partial charge >= 0.3 is 6.01 Å². The minimum absolute atomic E-state index is 0.327. The second-order valence-electron chi connectivity index (χ2n) is 4.09. The molecular formula is C14H13N5O. The van der Waals surface area contributed by atoms with Crippen molar-refractivity contribution in [1.82, 2.24) is 20.2 Å². The number of ether oxygens (including phenoxy) is 1. The van der Waals surface area contributed by atoms with E-state index in [2.05, 4.69) is 20.8 Å². The van der Waals surface area contributed by atoms with Gasteiger partial charge in [0.15, 0.2) is 0 Å². The smallest absolute Gasteiger partial charge is 0.345 e. The van der Waals surface area contributed by atoms with Gasteiger partial charge in [-0.05, 0) is 46.8 Å². The lowest BCUT2D eigenvalue weighted by Gasteiger charge is -2.06. The fourth-order valence-corrected chi connectivity index (χ4v) is 1.77. The van der Waals surface area contributed by atoms with Crippen molar-refractivity contribution in [2.45, 2.75) is 0 Å². The number of aromatic nitrogens is 4. The van der Waals surface area contributed by atoms with E-state index in [9.17, 15) is 0 Å². The molecule has 1 heterocycles. The van der Waals surface area contributed by atoms with Crippen LogP contribution in [0.25, 0.3) is 5.69 Å². The van der Waals surface area contributed by atoms with Crippen LogP contribution in [0.15, 0.2) is 54.6 Å². The van der Waals surface area contributed by atoms with E-state index in [0.717, 1.165) is 11.4 Å². The molecule has 0 bridgehead atoms. The summed E-state index contributed by atoms with van der Waals surface area (Å²) in [5.74, 6) is 0.677. The molecule has 0 unspecified atom stereocenters. The number of anilines is 1. The Morgan fingerprint density at radius 2 is 1.75 bits per heavy atom. The molecule has 0 aliphatic heterocycles. The summed E-state index contributed by atoms with van der Waals surface area (Å²) >= 11 is 0. The van der Waals surface area contributed by atoms with E-state index in [4.69, 9.17) is 4.74 Å². The van der Waals surface area contributed by atoms with E-state index in [0.29, 0.717) is 11.8 Å². The lowest BCUT2D eigenvalue weighted by atomic mass is 10.3. The Labute approximate surface area is 116 Å². The molecular weight excluding hydrogens is 254 g/mol. The Hall–Kier alpha value is -2.89. The quantitative estimate of drug-likeness (QED) is 0.786. The number of para-hydroxylation sites is 1. The summed E-state index contributed by atoms with van der Waals surface area (Å²) in [6.45, 7) is 0. The van der Waals surface area contributed by atoms with Crippen LogP contribution in [0.1, 0.15) is 0 Å². The third-order valence-electron chi connectivity index (χ3n) is 2.79. The highest BCUT2D eigenvalue weighted by atomic mass is 16.5. The Morgan fingerprint density at radius 3 is 2.45 bits per heavy atom. The molecule has 100 valence electrons. The molecule has 0 fully saturated rings. The van der Waals surface area contributed by atoms with E-state index in [1.807, 2.05) is 61.6 Å². The third-order valence-corrected chi connectivity index (χ3v) is 2.79. The van der Waals surface area contributed by atoms with Gasteiger partial charge in [0.2, 0.25) is 0 Å². The first-order valence-corrected chi connectivity index (χ1v) is 6.16. The summed E-state index contributed by atoms with van der Waals surface area (Å²) in [6.07, 6.45) is 0. The lowest BCUT2D eigenvalue weighted by Crippen LogP contribution is -2.00. The van der Waals surface area contributed by atoms with Gasteiger partial charge in [-0.1, -0.05) is 23.3 Å². The van der Waals surface area contributed by atoms with Crippen LogP contribution in [0.4, 0.5) is 5.69 Å². The maximum atomic E-state index is 5.70. The predicted octanol–water partition coefficient (Wildman–Crippen LogP) is 2.50. The van der Waals surface area contributed by atoms with Crippen LogP contribution < -0.4 is 10.1 Å². The van der Waals surface area contributed by atoms with Gasteiger partial charge in [-0.3, -0.25) is 0 Å². The van der Waals surface area contributed by atoms with E-state index in [-0.39, 0.29) is 0 Å². The van der Waals surface area contributed by atoms with Crippen molar-refractivity contribution < 1.29 is 4.74 Å². The predicted molar refractivity (Wildman–Crippen MR) is 75.2 cm³/mol. The van der Waals surface area contributed by atoms with Crippen molar-refractivity contribution in [3.63, 3.8) is 0 Å². The summed E-state index contributed by atoms with van der Waals surface area (Å²) in [6, 6.07) is 17.5. The van der Waals surface area contributed by atoms with Gasteiger partial charge < -0.3 is 10.1 Å². The zero-order valence-electron chi connectivity index (χ0n) is 10.9. The van der Waals surface area contributed by atoms with Gasteiger partial charge in [0, 0.05) is 12.7 Å². The molecule has 3 aromatic rings. The van der Waals surface area contributed by atoms with Gasteiger partial charge in [-0.15, -0.1) is 0 Å². The van der Waals surface area contributed by atoms with E-state index in [1.54, 1.807) is 4.68 Å². The fourth-order valence-electron chi connectivity index (χ4n) is 1.77. The standard InChI is InChI=1S/C14H13N5O/c1-15-11-7-9-13(10-8-11)20-14-16-17-18-19(14)12-5-3-2-4-6-12/h2-10,15H,1H3. The van der Waals surface area contributed by atoms with Crippen molar-refractivity contribution >= 4 is 5.69 Å². The first kappa shape index (κ1) is 12.2. The average molecular weight is 267 g/mol. The Bertz CT molecular complexity index is 678. The molecule has 6 heteroatoms. The van der Waals surface area contributed by atoms with Crippen LogP contribution in [0.3, 0.4) is 0 Å². The molecule has 0 aliphatic rings. The van der Waals surface area contributed by atoms with E-state index >= 15 is 0 Å². The van der Waals surface area contributed by atoms with Crippen LogP contribution >= 0.6 is 0 Å². The summed E-state index contributed by atoms with van der Waals surface area (Å²) in [7, 11) is 1.87. The maximum absolute atomic E-state index is 5.70. The minimum Gasteiger partial charge on any atom is -0.423 e. The SMILES string of the molecule is CNc1ccc(Oc2nnnn2-c2ccccc2)cc1. The molecule has 2 aromatic carbocycles. The van der Waals surface area contributed by atoms with Crippen molar-refractivity contribution in [3.8, 4) is 17.4 Å². The molecule has 20 heavy (non-hydrogen) atoms. The maximum Gasteiger partial charge on any atom is 0.345 e. The lowest BCUT2D eigenvalue weighted by molar-refractivity contribution is 0.427. The van der Waals surface area contributed by atoms with Crippen molar-refractivity contribution in [2.75, 3.05) is 12.4 Å². The minimum atomic E-state index is 0.327. The van der Waals surface area contributed by atoms with Gasteiger partial charge in [-0.2, -0.15) is 4.68 Å². The molecule has 0 atom stereocenters. The first-order valence-electron chi connectivity index (χ1n) is 6.16. The second-order valence-corrected chi connectivity index (χ2v) is 4.09. The highest BCUT2D eigenvalue weighted by Crippen LogP contribution is 2.22. The zero-order chi connectivity index (χ0) is 13.8. The number of benzene rings is 2. The Kier molecular flexibility index (Phi) is 3.28. The van der Waals surface area contributed by atoms with Crippen LogP contribution in [-0.4, -0.2) is 27.3 Å². The van der Waals surface area contributed by atoms with Crippen molar-refractivity contribution in [3.05, 3.63) is 54.6 Å². The topological polar surface area (TPSA) is 64.9 Å². The third kappa shape index (κ3) is 2.44.